The second-order valence-corrected chi connectivity index (χ2v) is 8.45. The number of morpholine rings is 1. The Balaban J connectivity index is 1.37. The van der Waals surface area contributed by atoms with Crippen molar-refractivity contribution in [1.29, 1.82) is 0 Å². The maximum atomic E-state index is 13.3. The van der Waals surface area contributed by atoms with Crippen molar-refractivity contribution >= 4 is 28.6 Å². The molecule has 0 amide bonds. The van der Waals surface area contributed by atoms with Gasteiger partial charge in [0.1, 0.15) is 12.4 Å². The van der Waals surface area contributed by atoms with Crippen LogP contribution in [0.2, 0.25) is 0 Å². The summed E-state index contributed by atoms with van der Waals surface area (Å²) in [6.07, 6.45) is -3.22. The molecule has 1 aliphatic heterocycles. The van der Waals surface area contributed by atoms with E-state index in [1.54, 1.807) is 0 Å². The third-order valence-corrected chi connectivity index (χ3v) is 5.75. The third kappa shape index (κ3) is 6.20. The fourth-order valence-electron chi connectivity index (χ4n) is 3.97. The summed E-state index contributed by atoms with van der Waals surface area (Å²) in [5, 5.41) is 5.37. The number of fused-ring (bicyclic) bond motifs is 1. The van der Waals surface area contributed by atoms with Crippen LogP contribution in [-0.4, -0.2) is 65.0 Å². The first-order valence-electron chi connectivity index (χ1n) is 11.6. The van der Waals surface area contributed by atoms with Crippen molar-refractivity contribution in [2.24, 2.45) is 0 Å². The van der Waals surface area contributed by atoms with Crippen LogP contribution in [0, 0.1) is 5.82 Å². The highest BCUT2D eigenvalue weighted by Gasteiger charge is 2.28. The van der Waals surface area contributed by atoms with Crippen LogP contribution in [0.5, 0.6) is 0 Å². The number of ether oxygens (including phenoxy) is 1. The summed E-state index contributed by atoms with van der Waals surface area (Å²) in [4.78, 5) is 19.5. The van der Waals surface area contributed by atoms with Crippen molar-refractivity contribution in [3.8, 4) is 11.3 Å². The van der Waals surface area contributed by atoms with Gasteiger partial charge in [0.05, 0.1) is 24.6 Å². The minimum absolute atomic E-state index is 0.0702. The van der Waals surface area contributed by atoms with Gasteiger partial charge in [0.25, 0.3) is 0 Å². The van der Waals surface area contributed by atoms with Gasteiger partial charge in [-0.05, 0) is 36.4 Å². The fraction of sp³-hybridized carbons (Fsp3) is 0.280. The van der Waals surface area contributed by atoms with E-state index in [0.29, 0.717) is 31.0 Å². The molecule has 8 nitrogen and oxygen atoms in total. The molecule has 0 saturated carbocycles. The van der Waals surface area contributed by atoms with E-state index in [9.17, 15) is 17.6 Å². The zero-order chi connectivity index (χ0) is 25.8. The first kappa shape index (κ1) is 24.6. The molecule has 0 spiro atoms. The zero-order valence-corrected chi connectivity index (χ0v) is 19.5. The van der Waals surface area contributed by atoms with Crippen molar-refractivity contribution in [2.45, 2.75) is 12.3 Å². The van der Waals surface area contributed by atoms with Crippen LogP contribution in [0.4, 0.5) is 35.0 Å². The third-order valence-electron chi connectivity index (χ3n) is 5.75. The first-order valence-corrected chi connectivity index (χ1v) is 11.6. The number of aromatic nitrogens is 4. The molecule has 37 heavy (non-hydrogen) atoms. The minimum atomic E-state index is -4.47. The van der Waals surface area contributed by atoms with Gasteiger partial charge in [-0.1, -0.05) is 18.2 Å². The Hall–Kier alpha value is -4.06. The summed E-state index contributed by atoms with van der Waals surface area (Å²) in [7, 11) is 0. The molecule has 1 atom stereocenters. The molecule has 3 heterocycles. The Morgan fingerprint density at radius 3 is 2.51 bits per heavy atom. The Bertz CT molecular complexity index is 1350. The van der Waals surface area contributed by atoms with Crippen LogP contribution in [0.1, 0.15) is 0 Å². The molecule has 192 valence electrons. The monoisotopic (exact) mass is 513 g/mol. The lowest BCUT2D eigenvalue weighted by molar-refractivity contribution is -0.115. The molecule has 2 aromatic carbocycles. The Morgan fingerprint density at radius 2 is 1.76 bits per heavy atom. The highest BCUT2D eigenvalue weighted by Crippen LogP contribution is 2.25. The number of benzene rings is 2. The molecule has 1 unspecified atom stereocenters. The Morgan fingerprint density at radius 1 is 0.973 bits per heavy atom. The van der Waals surface area contributed by atoms with E-state index in [-0.39, 0.29) is 29.0 Å². The van der Waals surface area contributed by atoms with E-state index in [2.05, 4.69) is 35.5 Å². The standard InChI is InChI=1S/C25H23F4N7O/c26-17-8-6-16(7-9-17)20-13-30-22-21(33-20)23(32-15-25(27,28)29)35-24(34-22)31-12-19-14-36(10-11-37-19)18-4-2-1-3-5-18/h1-9,13,19H,10-12,14-15H2,(H2,30,31,32,34,35). The van der Waals surface area contributed by atoms with Crippen molar-refractivity contribution in [3.05, 3.63) is 66.6 Å². The van der Waals surface area contributed by atoms with Crippen molar-refractivity contribution in [1.82, 2.24) is 19.9 Å². The van der Waals surface area contributed by atoms with Crippen LogP contribution in [0.3, 0.4) is 0 Å². The number of hydrogen-bond acceptors (Lipinski definition) is 8. The van der Waals surface area contributed by atoms with Gasteiger partial charge >= 0.3 is 6.18 Å². The second kappa shape index (κ2) is 10.5. The van der Waals surface area contributed by atoms with Gasteiger partial charge in [-0.2, -0.15) is 23.1 Å². The van der Waals surface area contributed by atoms with E-state index in [1.165, 1.54) is 30.5 Å². The number of alkyl halides is 3. The highest BCUT2D eigenvalue weighted by atomic mass is 19.4. The summed E-state index contributed by atoms with van der Waals surface area (Å²) in [5.74, 6) is -0.434. The van der Waals surface area contributed by atoms with Crippen molar-refractivity contribution in [3.63, 3.8) is 0 Å². The van der Waals surface area contributed by atoms with Gasteiger partial charge < -0.3 is 20.3 Å². The van der Waals surface area contributed by atoms with E-state index >= 15 is 0 Å². The summed E-state index contributed by atoms with van der Waals surface area (Å²) in [6, 6.07) is 15.5. The number of anilines is 3. The maximum absolute atomic E-state index is 13.3. The van der Waals surface area contributed by atoms with E-state index < -0.39 is 18.5 Å². The quantitative estimate of drug-likeness (QED) is 0.349. The van der Waals surface area contributed by atoms with Gasteiger partial charge in [0.2, 0.25) is 5.95 Å². The number of hydrogen-bond donors (Lipinski definition) is 2. The summed E-state index contributed by atoms with van der Waals surface area (Å²) in [6.45, 7) is 0.957. The molecular formula is C25H23F4N7O. The average Bonchev–Trinajstić information content (AvgIpc) is 2.91. The van der Waals surface area contributed by atoms with Crippen molar-refractivity contribution in [2.75, 3.05) is 48.3 Å². The zero-order valence-electron chi connectivity index (χ0n) is 19.5. The van der Waals surface area contributed by atoms with Crippen molar-refractivity contribution < 1.29 is 22.3 Å². The predicted molar refractivity (Wildman–Crippen MR) is 132 cm³/mol. The molecular weight excluding hydrogens is 490 g/mol. The number of rotatable bonds is 7. The van der Waals surface area contributed by atoms with Crippen LogP contribution in [-0.2, 0) is 4.74 Å². The van der Waals surface area contributed by atoms with E-state index in [0.717, 1.165) is 12.2 Å². The molecule has 2 aromatic heterocycles. The second-order valence-electron chi connectivity index (χ2n) is 8.45. The van der Waals surface area contributed by atoms with Gasteiger partial charge in [0, 0.05) is 30.9 Å². The molecule has 12 heteroatoms. The normalized spacial score (nSPS) is 16.1. The van der Waals surface area contributed by atoms with Crippen LogP contribution < -0.4 is 15.5 Å². The molecule has 0 radical (unpaired) electrons. The molecule has 1 fully saturated rings. The lowest BCUT2D eigenvalue weighted by atomic mass is 10.1. The largest absolute Gasteiger partial charge is 0.405 e. The van der Waals surface area contributed by atoms with Crippen LogP contribution in [0.25, 0.3) is 22.4 Å². The van der Waals surface area contributed by atoms with E-state index in [4.69, 9.17) is 4.74 Å². The molecule has 0 aliphatic carbocycles. The van der Waals surface area contributed by atoms with Gasteiger partial charge in [-0.3, -0.25) is 0 Å². The number of para-hydroxylation sites is 1. The van der Waals surface area contributed by atoms with Gasteiger partial charge in [0.15, 0.2) is 17.0 Å². The van der Waals surface area contributed by atoms with Crippen LogP contribution >= 0.6 is 0 Å². The molecule has 1 aliphatic rings. The molecule has 5 rings (SSSR count). The average molecular weight is 513 g/mol. The lowest BCUT2D eigenvalue weighted by Gasteiger charge is -2.34. The molecule has 0 bridgehead atoms. The fourth-order valence-corrected chi connectivity index (χ4v) is 3.97. The van der Waals surface area contributed by atoms with Gasteiger partial charge in [-0.25, -0.2) is 14.4 Å². The summed E-state index contributed by atoms with van der Waals surface area (Å²) >= 11 is 0. The van der Waals surface area contributed by atoms with Crippen LogP contribution in [0.15, 0.2) is 60.8 Å². The first-order chi connectivity index (χ1) is 17.8. The van der Waals surface area contributed by atoms with E-state index in [1.807, 2.05) is 30.3 Å². The predicted octanol–water partition coefficient (Wildman–Crippen LogP) is 4.52. The SMILES string of the molecule is Fc1ccc(-c2cnc3nc(NCC4CN(c5ccccc5)CCO4)nc(NCC(F)(F)F)c3n2)cc1. The summed E-state index contributed by atoms with van der Waals surface area (Å²) in [5.41, 5.74) is 2.17. The number of nitrogens with one attached hydrogen (secondary N) is 2. The topological polar surface area (TPSA) is 88.1 Å². The minimum Gasteiger partial charge on any atom is -0.373 e. The summed E-state index contributed by atoms with van der Waals surface area (Å²) < 4.78 is 58.1. The Kier molecular flexibility index (Phi) is 6.99. The molecule has 4 aromatic rings. The molecule has 2 N–H and O–H groups in total. The molecule has 1 saturated heterocycles. The highest BCUT2D eigenvalue weighted by molar-refractivity contribution is 5.85. The Labute approximate surface area is 209 Å². The smallest absolute Gasteiger partial charge is 0.373 e. The number of nitrogens with zero attached hydrogens (tertiary/aromatic N) is 5. The lowest BCUT2D eigenvalue weighted by Crippen LogP contribution is -2.45. The van der Waals surface area contributed by atoms with Gasteiger partial charge in [-0.15, -0.1) is 0 Å². The maximum Gasteiger partial charge on any atom is 0.405 e. The number of halogens is 4.